The summed E-state index contributed by atoms with van der Waals surface area (Å²) in [4.78, 5) is 16.0. The van der Waals surface area contributed by atoms with Crippen molar-refractivity contribution in [2.75, 3.05) is 0 Å². The van der Waals surface area contributed by atoms with E-state index < -0.39 is 0 Å². The Bertz CT molecular complexity index is 440. The van der Waals surface area contributed by atoms with Crippen molar-refractivity contribution in [3.63, 3.8) is 0 Å². The Kier molecular flexibility index (Phi) is 2.52. The zero-order valence-electron chi connectivity index (χ0n) is 8.60. The van der Waals surface area contributed by atoms with Crippen molar-refractivity contribution in [3.8, 4) is 0 Å². The number of pyridine rings is 1. The van der Waals surface area contributed by atoms with Crippen LogP contribution in [0.1, 0.15) is 36.3 Å². The second kappa shape index (κ2) is 3.46. The van der Waals surface area contributed by atoms with Crippen LogP contribution in [0, 0.1) is 5.41 Å². The molecule has 1 aliphatic carbocycles. The molecular formula is C11H11Cl2NO. The zero-order chi connectivity index (χ0) is 11.2. The molecular weight excluding hydrogens is 233 g/mol. The number of rotatable bonds is 0. The van der Waals surface area contributed by atoms with Gasteiger partial charge in [-0.25, -0.2) is 4.98 Å². The molecule has 1 aromatic heterocycles. The Morgan fingerprint density at radius 1 is 1.33 bits per heavy atom. The molecule has 4 heteroatoms. The molecule has 15 heavy (non-hydrogen) atoms. The lowest BCUT2D eigenvalue weighted by molar-refractivity contribution is 0.0910. The van der Waals surface area contributed by atoms with Crippen molar-refractivity contribution in [1.29, 1.82) is 0 Å². The molecule has 0 radical (unpaired) electrons. The summed E-state index contributed by atoms with van der Waals surface area (Å²) in [6, 6.07) is 1.63. The maximum absolute atomic E-state index is 11.8. The molecule has 0 saturated heterocycles. The third-order valence-electron chi connectivity index (χ3n) is 2.60. The Morgan fingerprint density at radius 3 is 2.67 bits per heavy atom. The number of carbonyl (C=O) groups is 1. The quantitative estimate of drug-likeness (QED) is 0.653. The predicted molar refractivity (Wildman–Crippen MR) is 60.7 cm³/mol. The molecule has 0 N–H and O–H groups in total. The lowest BCUT2D eigenvalue weighted by Gasteiger charge is -2.29. The van der Waals surface area contributed by atoms with Crippen LogP contribution in [0.5, 0.6) is 0 Å². The van der Waals surface area contributed by atoms with Crippen LogP contribution < -0.4 is 0 Å². The molecule has 0 fully saturated rings. The minimum Gasteiger partial charge on any atom is -0.294 e. The number of nitrogens with zero attached hydrogens (tertiary/aromatic N) is 1. The van der Waals surface area contributed by atoms with E-state index in [4.69, 9.17) is 23.2 Å². The fourth-order valence-corrected chi connectivity index (χ4v) is 2.23. The van der Waals surface area contributed by atoms with E-state index in [0.717, 1.165) is 12.1 Å². The van der Waals surface area contributed by atoms with Crippen LogP contribution in [0.3, 0.4) is 0 Å². The highest BCUT2D eigenvalue weighted by atomic mass is 35.5. The maximum Gasteiger partial charge on any atom is 0.165 e. The van der Waals surface area contributed by atoms with Crippen LogP contribution in [-0.4, -0.2) is 10.8 Å². The standard InChI is InChI=1S/C11H11Cl2NO/c1-11(2)4-8-6(9(15)5-11)3-7(12)10(13)14-8/h3H,4-5H2,1-2H3. The van der Waals surface area contributed by atoms with Crippen LogP contribution in [0.25, 0.3) is 0 Å². The highest BCUT2D eigenvalue weighted by molar-refractivity contribution is 6.41. The highest BCUT2D eigenvalue weighted by Crippen LogP contribution is 2.36. The van der Waals surface area contributed by atoms with E-state index in [9.17, 15) is 4.79 Å². The summed E-state index contributed by atoms with van der Waals surface area (Å²) < 4.78 is 0. The number of fused-ring (bicyclic) bond motifs is 1. The molecule has 0 unspecified atom stereocenters. The molecule has 0 aliphatic heterocycles. The third kappa shape index (κ3) is 2.01. The van der Waals surface area contributed by atoms with Crippen LogP contribution in [-0.2, 0) is 6.42 Å². The molecule has 2 rings (SSSR count). The summed E-state index contributed by atoms with van der Waals surface area (Å²) in [5.74, 6) is 0.104. The third-order valence-corrected chi connectivity index (χ3v) is 3.27. The largest absolute Gasteiger partial charge is 0.294 e. The van der Waals surface area contributed by atoms with Gasteiger partial charge in [-0.3, -0.25) is 4.79 Å². The summed E-state index contributed by atoms with van der Waals surface area (Å²) in [7, 11) is 0. The zero-order valence-corrected chi connectivity index (χ0v) is 10.1. The van der Waals surface area contributed by atoms with Gasteiger partial charge in [0.15, 0.2) is 5.78 Å². The fraction of sp³-hybridized carbons (Fsp3) is 0.455. The Morgan fingerprint density at radius 2 is 2.00 bits per heavy atom. The Balaban J connectivity index is 2.56. The number of hydrogen-bond donors (Lipinski definition) is 0. The first-order chi connectivity index (χ1) is 6.89. The van der Waals surface area contributed by atoms with E-state index in [0.29, 0.717) is 17.0 Å². The van der Waals surface area contributed by atoms with Gasteiger partial charge in [0.1, 0.15) is 5.15 Å². The topological polar surface area (TPSA) is 30.0 Å². The molecule has 1 aromatic rings. The van der Waals surface area contributed by atoms with Crippen LogP contribution >= 0.6 is 23.2 Å². The highest BCUT2D eigenvalue weighted by Gasteiger charge is 2.32. The monoisotopic (exact) mass is 243 g/mol. The van der Waals surface area contributed by atoms with Crippen LogP contribution in [0.15, 0.2) is 6.07 Å². The van der Waals surface area contributed by atoms with E-state index in [1.54, 1.807) is 6.07 Å². The summed E-state index contributed by atoms with van der Waals surface area (Å²) >= 11 is 11.7. The number of carbonyl (C=O) groups excluding carboxylic acids is 1. The molecule has 0 bridgehead atoms. The van der Waals surface area contributed by atoms with Gasteiger partial charge in [-0.1, -0.05) is 37.0 Å². The normalized spacial score (nSPS) is 18.8. The van der Waals surface area contributed by atoms with Gasteiger partial charge in [-0.05, 0) is 17.9 Å². The van der Waals surface area contributed by atoms with Crippen molar-refractivity contribution < 1.29 is 4.79 Å². The van der Waals surface area contributed by atoms with E-state index >= 15 is 0 Å². The number of aromatic nitrogens is 1. The summed E-state index contributed by atoms with van der Waals surface area (Å²) in [6.07, 6.45) is 1.31. The van der Waals surface area contributed by atoms with Crippen molar-refractivity contribution in [3.05, 3.63) is 27.5 Å². The van der Waals surface area contributed by atoms with Gasteiger partial charge in [-0.2, -0.15) is 0 Å². The van der Waals surface area contributed by atoms with E-state index in [1.165, 1.54) is 0 Å². The van der Waals surface area contributed by atoms with E-state index in [-0.39, 0.29) is 16.4 Å². The van der Waals surface area contributed by atoms with Crippen molar-refractivity contribution in [2.24, 2.45) is 5.41 Å². The molecule has 1 aliphatic rings. The first kappa shape index (κ1) is 10.9. The molecule has 0 atom stereocenters. The molecule has 0 aromatic carbocycles. The second-order valence-corrected chi connectivity index (χ2v) is 5.46. The van der Waals surface area contributed by atoms with Crippen LogP contribution in [0.4, 0.5) is 0 Å². The van der Waals surface area contributed by atoms with Gasteiger partial charge in [-0.15, -0.1) is 0 Å². The smallest absolute Gasteiger partial charge is 0.165 e. The van der Waals surface area contributed by atoms with Gasteiger partial charge in [0, 0.05) is 12.0 Å². The van der Waals surface area contributed by atoms with Gasteiger partial charge < -0.3 is 0 Å². The molecule has 80 valence electrons. The molecule has 2 nitrogen and oxygen atoms in total. The van der Waals surface area contributed by atoms with Gasteiger partial charge in [0.2, 0.25) is 0 Å². The minimum atomic E-state index is -0.0335. The number of halogens is 2. The average Bonchev–Trinajstić information content (AvgIpc) is 2.07. The van der Waals surface area contributed by atoms with Gasteiger partial charge in [0.25, 0.3) is 0 Å². The van der Waals surface area contributed by atoms with Gasteiger partial charge >= 0.3 is 0 Å². The number of ketones is 1. The van der Waals surface area contributed by atoms with Gasteiger partial charge in [0.05, 0.1) is 10.7 Å². The lowest BCUT2D eigenvalue weighted by Crippen LogP contribution is -2.27. The van der Waals surface area contributed by atoms with Crippen LogP contribution in [0.2, 0.25) is 10.2 Å². The molecule has 1 heterocycles. The minimum absolute atomic E-state index is 0.0335. The first-order valence-corrected chi connectivity index (χ1v) is 5.53. The molecule has 0 spiro atoms. The summed E-state index contributed by atoms with van der Waals surface area (Å²) in [5, 5.41) is 0.629. The lowest BCUT2D eigenvalue weighted by atomic mass is 9.76. The second-order valence-electron chi connectivity index (χ2n) is 4.70. The van der Waals surface area contributed by atoms with Crippen molar-refractivity contribution in [1.82, 2.24) is 4.98 Å². The van der Waals surface area contributed by atoms with Crippen molar-refractivity contribution >= 4 is 29.0 Å². The SMILES string of the molecule is CC1(C)CC(=O)c2cc(Cl)c(Cl)nc2C1. The Labute approximate surface area is 98.6 Å². The average molecular weight is 244 g/mol. The van der Waals surface area contributed by atoms with E-state index in [1.807, 2.05) is 0 Å². The van der Waals surface area contributed by atoms with Crippen molar-refractivity contribution in [2.45, 2.75) is 26.7 Å². The number of Topliss-reactive ketones (excluding diaryl/α,β-unsaturated/α-hetero) is 1. The van der Waals surface area contributed by atoms with E-state index in [2.05, 4.69) is 18.8 Å². The first-order valence-electron chi connectivity index (χ1n) is 4.77. The molecule has 0 saturated carbocycles. The number of hydrogen-bond acceptors (Lipinski definition) is 2. The molecule has 0 amide bonds. The summed E-state index contributed by atoms with van der Waals surface area (Å²) in [5.41, 5.74) is 1.36. The fourth-order valence-electron chi connectivity index (χ4n) is 1.92. The summed E-state index contributed by atoms with van der Waals surface area (Å²) in [6.45, 7) is 4.11. The Hall–Kier alpha value is -0.600. The predicted octanol–water partition coefficient (Wildman–Crippen LogP) is 3.54. The maximum atomic E-state index is 11.8.